The summed E-state index contributed by atoms with van der Waals surface area (Å²) in [4.78, 5) is 31.0. The summed E-state index contributed by atoms with van der Waals surface area (Å²) in [6.07, 6.45) is 7.33. The molecule has 1 aliphatic carbocycles. The van der Waals surface area contributed by atoms with Gasteiger partial charge >= 0.3 is 5.97 Å². The maximum Gasteiger partial charge on any atom is 0.306 e. The maximum absolute atomic E-state index is 12.9. The molecule has 2 aliphatic rings. The van der Waals surface area contributed by atoms with Crippen LogP contribution in [0.1, 0.15) is 70.6 Å². The molecule has 0 bridgehead atoms. The number of nitrogens with zero attached hydrogens (tertiary/aromatic N) is 2. The Balaban J connectivity index is 1.30. The summed E-state index contributed by atoms with van der Waals surface area (Å²) >= 11 is 1.59. The van der Waals surface area contributed by atoms with Crippen LogP contribution in [0.5, 0.6) is 5.75 Å². The number of carbonyl (C=O) groups is 2. The van der Waals surface area contributed by atoms with Crippen LogP contribution >= 0.6 is 11.3 Å². The SMILES string of the molecule is Cc1ccc(OCc2ccc(C(=O)N3CCCCC3)cc2C)c(-c2csc(C3=CCC(C(=O)O)CC3)n2)c1. The smallest absolute Gasteiger partial charge is 0.306 e. The Hall–Kier alpha value is -3.45. The van der Waals surface area contributed by atoms with Crippen molar-refractivity contribution in [3.63, 3.8) is 0 Å². The zero-order valence-corrected chi connectivity index (χ0v) is 22.9. The number of likely N-dealkylation sites (tertiary alicyclic amines) is 1. The predicted octanol–water partition coefficient (Wildman–Crippen LogP) is 6.90. The van der Waals surface area contributed by atoms with E-state index in [9.17, 15) is 14.7 Å². The minimum Gasteiger partial charge on any atom is -0.488 e. The van der Waals surface area contributed by atoms with Crippen LogP contribution in [0.3, 0.4) is 0 Å². The van der Waals surface area contributed by atoms with Gasteiger partial charge in [-0.05, 0) is 93.3 Å². The third-order valence-corrected chi connectivity index (χ3v) is 8.48. The predicted molar refractivity (Wildman–Crippen MR) is 151 cm³/mol. The number of amides is 1. The molecule has 2 heterocycles. The Morgan fingerprint density at radius 3 is 2.63 bits per heavy atom. The van der Waals surface area contributed by atoms with E-state index in [0.29, 0.717) is 19.4 Å². The van der Waals surface area contributed by atoms with Crippen molar-refractivity contribution in [3.05, 3.63) is 75.1 Å². The summed E-state index contributed by atoms with van der Waals surface area (Å²) in [7, 11) is 0. The van der Waals surface area contributed by atoms with Crippen molar-refractivity contribution in [2.45, 2.75) is 59.0 Å². The van der Waals surface area contributed by atoms with Gasteiger partial charge in [-0.3, -0.25) is 9.59 Å². The van der Waals surface area contributed by atoms with E-state index in [4.69, 9.17) is 9.72 Å². The van der Waals surface area contributed by atoms with Crippen LogP contribution in [0, 0.1) is 19.8 Å². The number of piperidine rings is 1. The molecule has 0 spiro atoms. The van der Waals surface area contributed by atoms with E-state index < -0.39 is 5.97 Å². The van der Waals surface area contributed by atoms with Crippen LogP contribution in [0.15, 0.2) is 47.9 Å². The summed E-state index contributed by atoms with van der Waals surface area (Å²) in [5.41, 5.74) is 6.90. The number of allylic oxidation sites excluding steroid dienone is 2. The van der Waals surface area contributed by atoms with E-state index >= 15 is 0 Å². The molecule has 0 radical (unpaired) electrons. The van der Waals surface area contributed by atoms with Gasteiger partial charge in [-0.1, -0.05) is 23.8 Å². The Morgan fingerprint density at radius 1 is 1.11 bits per heavy atom. The number of thiazole rings is 1. The van der Waals surface area contributed by atoms with Crippen molar-refractivity contribution in [1.82, 2.24) is 9.88 Å². The van der Waals surface area contributed by atoms with E-state index in [1.54, 1.807) is 11.3 Å². The summed E-state index contributed by atoms with van der Waals surface area (Å²) in [6.45, 7) is 6.17. The first-order valence-electron chi connectivity index (χ1n) is 13.4. The number of ether oxygens (including phenoxy) is 1. The highest BCUT2D eigenvalue weighted by atomic mass is 32.1. The monoisotopic (exact) mass is 530 g/mol. The summed E-state index contributed by atoms with van der Waals surface area (Å²) in [5, 5.41) is 12.3. The van der Waals surface area contributed by atoms with Crippen molar-refractivity contribution in [1.29, 1.82) is 0 Å². The van der Waals surface area contributed by atoms with Gasteiger partial charge in [-0.2, -0.15) is 0 Å². The lowest BCUT2D eigenvalue weighted by Crippen LogP contribution is -2.35. The van der Waals surface area contributed by atoms with Crippen molar-refractivity contribution < 1.29 is 19.4 Å². The number of carbonyl (C=O) groups excluding carboxylic acids is 1. The number of carboxylic acids is 1. The molecule has 1 amide bonds. The van der Waals surface area contributed by atoms with Crippen molar-refractivity contribution in [2.24, 2.45) is 5.92 Å². The second-order valence-electron chi connectivity index (χ2n) is 10.4. The third kappa shape index (κ3) is 5.83. The highest BCUT2D eigenvalue weighted by Crippen LogP contribution is 2.37. The van der Waals surface area contributed by atoms with Gasteiger partial charge < -0.3 is 14.7 Å². The van der Waals surface area contributed by atoms with Gasteiger partial charge in [0, 0.05) is 29.6 Å². The van der Waals surface area contributed by atoms with E-state index in [1.165, 1.54) is 6.42 Å². The van der Waals surface area contributed by atoms with Crippen LogP contribution in [0.4, 0.5) is 0 Å². The Kier molecular flexibility index (Phi) is 7.93. The summed E-state index contributed by atoms with van der Waals surface area (Å²) in [5.74, 6) is -0.133. The largest absolute Gasteiger partial charge is 0.488 e. The van der Waals surface area contributed by atoms with E-state index in [0.717, 1.165) is 82.2 Å². The molecule has 1 N–H and O–H groups in total. The molecule has 1 aromatic heterocycles. The lowest BCUT2D eigenvalue weighted by atomic mass is 9.90. The van der Waals surface area contributed by atoms with Gasteiger partial charge in [0.1, 0.15) is 17.4 Å². The van der Waals surface area contributed by atoms with Crippen LogP contribution in [0.25, 0.3) is 16.8 Å². The van der Waals surface area contributed by atoms with E-state index in [1.807, 2.05) is 53.6 Å². The average Bonchev–Trinajstić information content (AvgIpc) is 3.43. The molecule has 1 atom stereocenters. The topological polar surface area (TPSA) is 79.7 Å². The molecule has 198 valence electrons. The molecular weight excluding hydrogens is 496 g/mol. The first-order chi connectivity index (χ1) is 18.4. The number of hydrogen-bond acceptors (Lipinski definition) is 5. The highest BCUT2D eigenvalue weighted by Gasteiger charge is 2.23. The molecule has 6 nitrogen and oxygen atoms in total. The molecule has 7 heteroatoms. The minimum atomic E-state index is -0.722. The molecule has 1 fully saturated rings. The number of aliphatic carboxylic acids is 1. The van der Waals surface area contributed by atoms with Gasteiger partial charge in [0.25, 0.3) is 5.91 Å². The molecule has 5 rings (SSSR count). The molecule has 0 saturated carbocycles. The van der Waals surface area contributed by atoms with E-state index in [2.05, 4.69) is 13.0 Å². The summed E-state index contributed by atoms with van der Waals surface area (Å²) in [6, 6.07) is 12.0. The highest BCUT2D eigenvalue weighted by molar-refractivity contribution is 7.11. The zero-order valence-electron chi connectivity index (χ0n) is 22.0. The van der Waals surface area contributed by atoms with Crippen LogP contribution in [0.2, 0.25) is 0 Å². The van der Waals surface area contributed by atoms with Crippen molar-refractivity contribution in [2.75, 3.05) is 13.1 Å². The van der Waals surface area contributed by atoms with Gasteiger partial charge in [0.05, 0.1) is 11.6 Å². The fourth-order valence-corrected chi connectivity index (χ4v) is 6.08. The summed E-state index contributed by atoms with van der Waals surface area (Å²) < 4.78 is 6.31. The zero-order chi connectivity index (χ0) is 26.6. The first-order valence-corrected chi connectivity index (χ1v) is 14.3. The van der Waals surface area contributed by atoms with Gasteiger partial charge in [0.15, 0.2) is 0 Å². The quantitative estimate of drug-likeness (QED) is 0.359. The van der Waals surface area contributed by atoms with Gasteiger partial charge in [-0.25, -0.2) is 4.98 Å². The second kappa shape index (κ2) is 11.5. The number of aromatic nitrogens is 1. The van der Waals surface area contributed by atoms with Gasteiger partial charge in [0.2, 0.25) is 0 Å². The number of carboxylic acid groups (broad SMARTS) is 1. The third-order valence-electron chi connectivity index (χ3n) is 7.57. The fourth-order valence-electron chi connectivity index (χ4n) is 5.19. The molecule has 1 saturated heterocycles. The Labute approximate surface area is 228 Å². The van der Waals surface area contributed by atoms with Gasteiger partial charge in [-0.15, -0.1) is 11.3 Å². The Bertz CT molecular complexity index is 1370. The molecule has 3 aromatic rings. The molecule has 1 aliphatic heterocycles. The van der Waals surface area contributed by atoms with Crippen LogP contribution in [-0.2, 0) is 11.4 Å². The second-order valence-corrected chi connectivity index (χ2v) is 11.2. The standard InChI is InChI=1S/C31H34N2O4S/c1-20-6-13-28(26(16-20)27-19-38-29(32-27)22-7-9-23(10-8-22)31(35)36)37-18-25-12-11-24(17-21(25)2)30(34)33-14-4-3-5-15-33/h6-7,11-13,16-17,19,23H,3-5,8-10,14-15,18H2,1-2H3,(H,35,36). The molecule has 2 aromatic carbocycles. The number of aryl methyl sites for hydroxylation is 2. The van der Waals surface area contributed by atoms with Crippen molar-refractivity contribution >= 4 is 28.8 Å². The maximum atomic E-state index is 12.9. The lowest BCUT2D eigenvalue weighted by Gasteiger charge is -2.27. The van der Waals surface area contributed by atoms with Crippen LogP contribution in [-0.4, -0.2) is 40.0 Å². The number of rotatable bonds is 7. The minimum absolute atomic E-state index is 0.118. The first kappa shape index (κ1) is 26.2. The fraction of sp³-hybridized carbons (Fsp3) is 0.387. The number of benzene rings is 2. The van der Waals surface area contributed by atoms with Crippen LogP contribution < -0.4 is 4.74 Å². The molecule has 1 unspecified atom stereocenters. The van der Waals surface area contributed by atoms with Crippen molar-refractivity contribution in [3.8, 4) is 17.0 Å². The van der Waals surface area contributed by atoms with E-state index in [-0.39, 0.29) is 11.8 Å². The molecular formula is C31H34N2O4S. The average molecular weight is 531 g/mol. The lowest BCUT2D eigenvalue weighted by molar-refractivity contribution is -0.141. The number of hydrogen-bond donors (Lipinski definition) is 1. The normalized spacial score (nSPS) is 17.7. The molecule has 38 heavy (non-hydrogen) atoms. The Morgan fingerprint density at radius 2 is 1.92 bits per heavy atom.